The Kier molecular flexibility index (Phi) is 5.17. The van der Waals surface area contributed by atoms with Crippen LogP contribution in [0.2, 0.25) is 5.02 Å². The second-order valence-electron chi connectivity index (χ2n) is 7.61. The maximum absolute atomic E-state index is 13.1. The quantitative estimate of drug-likeness (QED) is 0.413. The standard InChI is InChI=1S/C22H16ClN3O6S2/c23-15-5-7-19(26-18-8-6-16(33(24,28)29)9-14(18)10-21(26)27)17(12-15)25-34(30,31)22-11-13-3-1-2-4-20(13)32-22/h1-9,11-12,25H,10H2,(H2,24,28,29). The molecule has 0 unspecified atom stereocenters. The summed E-state index contributed by atoms with van der Waals surface area (Å²) in [7, 11) is -8.13. The number of hydrogen-bond acceptors (Lipinski definition) is 6. The van der Waals surface area contributed by atoms with Crippen LogP contribution in [0.15, 0.2) is 81.1 Å². The third kappa shape index (κ3) is 3.92. The molecule has 174 valence electrons. The van der Waals surface area contributed by atoms with Gasteiger partial charge in [-0.3, -0.25) is 14.4 Å². The van der Waals surface area contributed by atoms with E-state index in [4.69, 9.17) is 21.2 Å². The van der Waals surface area contributed by atoms with Gasteiger partial charge in [-0.25, -0.2) is 13.6 Å². The lowest BCUT2D eigenvalue weighted by atomic mass is 10.1. The minimum atomic E-state index is -4.17. The first-order chi connectivity index (χ1) is 16.0. The number of nitrogens with one attached hydrogen (secondary N) is 1. The molecule has 3 aromatic carbocycles. The second-order valence-corrected chi connectivity index (χ2v) is 11.2. The molecule has 0 aliphatic carbocycles. The summed E-state index contributed by atoms with van der Waals surface area (Å²) in [6.07, 6.45) is -0.0862. The van der Waals surface area contributed by atoms with Crippen molar-refractivity contribution in [3.8, 4) is 0 Å². The lowest BCUT2D eigenvalue weighted by molar-refractivity contribution is -0.116. The van der Waals surface area contributed by atoms with Crippen LogP contribution in [0.3, 0.4) is 0 Å². The minimum absolute atomic E-state index is 0.0460. The molecule has 9 nitrogen and oxygen atoms in total. The van der Waals surface area contributed by atoms with Gasteiger partial charge in [-0.1, -0.05) is 29.8 Å². The molecular weight excluding hydrogens is 502 g/mol. The van der Waals surface area contributed by atoms with E-state index in [0.717, 1.165) is 0 Å². The van der Waals surface area contributed by atoms with Crippen LogP contribution in [-0.2, 0) is 31.3 Å². The molecule has 1 amide bonds. The molecule has 1 aromatic heterocycles. The maximum atomic E-state index is 13.1. The monoisotopic (exact) mass is 517 g/mol. The van der Waals surface area contributed by atoms with Crippen LogP contribution in [0.1, 0.15) is 5.56 Å². The van der Waals surface area contributed by atoms with Gasteiger partial charge in [-0.05, 0) is 48.0 Å². The van der Waals surface area contributed by atoms with Crippen molar-refractivity contribution in [3.63, 3.8) is 0 Å². The number of anilines is 3. The van der Waals surface area contributed by atoms with E-state index in [1.807, 2.05) is 0 Å². The van der Waals surface area contributed by atoms with E-state index in [1.54, 1.807) is 24.3 Å². The third-order valence-corrected chi connectivity index (χ3v) is 7.69. The van der Waals surface area contributed by atoms with Crippen molar-refractivity contribution in [2.75, 3.05) is 9.62 Å². The van der Waals surface area contributed by atoms with Gasteiger partial charge in [0.15, 0.2) is 0 Å². The minimum Gasteiger partial charge on any atom is -0.443 e. The van der Waals surface area contributed by atoms with Crippen LogP contribution in [0.4, 0.5) is 17.1 Å². The number of carbonyl (C=O) groups is 1. The average molecular weight is 518 g/mol. The number of carbonyl (C=O) groups excluding carboxylic acids is 1. The summed E-state index contributed by atoms with van der Waals surface area (Å²) in [5, 5.41) is 5.75. The molecule has 1 aliphatic heterocycles. The predicted molar refractivity (Wildman–Crippen MR) is 127 cm³/mol. The van der Waals surface area contributed by atoms with Gasteiger partial charge in [-0.2, -0.15) is 8.42 Å². The molecule has 3 N–H and O–H groups in total. The summed E-state index contributed by atoms with van der Waals surface area (Å²) in [4.78, 5) is 14.1. The Morgan fingerprint density at radius 3 is 2.41 bits per heavy atom. The molecule has 5 rings (SSSR count). The van der Waals surface area contributed by atoms with E-state index in [0.29, 0.717) is 22.2 Å². The molecule has 0 saturated carbocycles. The zero-order valence-corrected chi connectivity index (χ0v) is 19.6. The molecule has 0 saturated heterocycles. The van der Waals surface area contributed by atoms with Crippen molar-refractivity contribution in [2.45, 2.75) is 16.4 Å². The normalized spacial score (nSPS) is 13.9. The van der Waals surface area contributed by atoms with Crippen molar-refractivity contribution in [1.29, 1.82) is 0 Å². The number of hydrogen-bond donors (Lipinski definition) is 2. The Balaban J connectivity index is 1.57. The van der Waals surface area contributed by atoms with E-state index in [9.17, 15) is 21.6 Å². The highest BCUT2D eigenvalue weighted by Gasteiger charge is 2.32. The van der Waals surface area contributed by atoms with Gasteiger partial charge < -0.3 is 4.42 Å². The van der Waals surface area contributed by atoms with Crippen LogP contribution >= 0.6 is 11.6 Å². The topological polar surface area (TPSA) is 140 Å². The summed E-state index contributed by atoms with van der Waals surface area (Å²) < 4.78 is 57.5. The van der Waals surface area contributed by atoms with Crippen LogP contribution in [-0.4, -0.2) is 22.7 Å². The number of fused-ring (bicyclic) bond motifs is 2. The number of primary sulfonamides is 1. The van der Waals surface area contributed by atoms with Crippen LogP contribution in [0, 0.1) is 0 Å². The number of amides is 1. The first-order valence-electron chi connectivity index (χ1n) is 9.82. The van der Waals surface area contributed by atoms with E-state index >= 15 is 0 Å². The molecule has 0 bridgehead atoms. The first kappa shape index (κ1) is 22.4. The first-order valence-corrected chi connectivity index (χ1v) is 13.2. The lowest BCUT2D eigenvalue weighted by Crippen LogP contribution is -2.23. The zero-order valence-electron chi connectivity index (χ0n) is 17.2. The van der Waals surface area contributed by atoms with Gasteiger partial charge in [0, 0.05) is 16.5 Å². The number of rotatable bonds is 5. The smallest absolute Gasteiger partial charge is 0.295 e. The molecule has 0 radical (unpaired) electrons. The third-order valence-electron chi connectivity index (χ3n) is 5.32. The van der Waals surface area contributed by atoms with Crippen LogP contribution in [0.5, 0.6) is 0 Å². The Morgan fingerprint density at radius 2 is 1.68 bits per heavy atom. The van der Waals surface area contributed by atoms with Gasteiger partial charge in [0.2, 0.25) is 21.0 Å². The van der Waals surface area contributed by atoms with Gasteiger partial charge in [0.1, 0.15) is 5.58 Å². The molecule has 12 heteroatoms. The second kappa shape index (κ2) is 7.84. The highest BCUT2D eigenvalue weighted by molar-refractivity contribution is 7.92. The molecule has 0 spiro atoms. The lowest BCUT2D eigenvalue weighted by Gasteiger charge is -2.22. The largest absolute Gasteiger partial charge is 0.443 e. The number of sulfonamides is 2. The molecule has 1 aliphatic rings. The van der Waals surface area contributed by atoms with E-state index in [1.165, 1.54) is 47.4 Å². The highest BCUT2D eigenvalue weighted by Crippen LogP contribution is 2.41. The van der Waals surface area contributed by atoms with E-state index in [-0.39, 0.29) is 38.7 Å². The van der Waals surface area contributed by atoms with Crippen molar-refractivity contribution >= 4 is 65.6 Å². The van der Waals surface area contributed by atoms with Gasteiger partial charge in [0.05, 0.1) is 28.4 Å². The van der Waals surface area contributed by atoms with Gasteiger partial charge >= 0.3 is 0 Å². The number of furan rings is 1. The number of para-hydroxylation sites is 1. The average Bonchev–Trinajstić information content (AvgIpc) is 3.34. The Bertz CT molecular complexity index is 1660. The predicted octanol–water partition coefficient (Wildman–Crippen LogP) is 3.76. The van der Waals surface area contributed by atoms with Crippen molar-refractivity contribution in [1.82, 2.24) is 0 Å². The van der Waals surface area contributed by atoms with Crippen molar-refractivity contribution in [3.05, 3.63) is 77.3 Å². The molecular formula is C22H16ClN3O6S2. The molecule has 34 heavy (non-hydrogen) atoms. The zero-order chi connectivity index (χ0) is 24.3. The highest BCUT2D eigenvalue weighted by atomic mass is 35.5. The fourth-order valence-electron chi connectivity index (χ4n) is 3.81. The Labute approximate surface area is 199 Å². The number of nitrogens with zero attached hydrogens (tertiary/aromatic N) is 1. The van der Waals surface area contributed by atoms with E-state index in [2.05, 4.69) is 4.72 Å². The SMILES string of the molecule is NS(=O)(=O)c1ccc2c(c1)CC(=O)N2c1ccc(Cl)cc1NS(=O)(=O)c1cc2ccccc2o1. The fourth-order valence-corrected chi connectivity index (χ4v) is 5.58. The van der Waals surface area contributed by atoms with Crippen molar-refractivity contribution < 1.29 is 26.0 Å². The summed E-state index contributed by atoms with van der Waals surface area (Å²) in [6.45, 7) is 0. The summed E-state index contributed by atoms with van der Waals surface area (Å²) >= 11 is 6.13. The Hall–Kier alpha value is -3.38. The van der Waals surface area contributed by atoms with Crippen molar-refractivity contribution in [2.24, 2.45) is 5.14 Å². The summed E-state index contributed by atoms with van der Waals surface area (Å²) in [5.74, 6) is -0.381. The Morgan fingerprint density at radius 1 is 0.941 bits per heavy atom. The number of halogens is 1. The fraction of sp³-hybridized carbons (Fsp3) is 0.0455. The summed E-state index contributed by atoms with van der Waals surface area (Å²) in [6, 6.07) is 16.7. The van der Waals surface area contributed by atoms with Gasteiger partial charge in [0.25, 0.3) is 10.0 Å². The van der Waals surface area contributed by atoms with E-state index < -0.39 is 20.0 Å². The molecule has 0 fully saturated rings. The summed E-state index contributed by atoms with van der Waals surface area (Å²) in [5.41, 5.74) is 1.52. The van der Waals surface area contributed by atoms with Crippen LogP contribution in [0.25, 0.3) is 11.0 Å². The maximum Gasteiger partial charge on any atom is 0.295 e. The molecule has 0 atom stereocenters. The number of nitrogens with two attached hydrogens (primary N) is 1. The molecule has 2 heterocycles. The van der Waals surface area contributed by atoms with Crippen LogP contribution < -0.4 is 14.8 Å². The molecule has 4 aromatic rings. The number of benzene rings is 3. The van der Waals surface area contributed by atoms with Gasteiger partial charge in [-0.15, -0.1) is 0 Å².